The van der Waals surface area contributed by atoms with E-state index < -0.39 is 5.97 Å². The van der Waals surface area contributed by atoms with Gasteiger partial charge >= 0.3 is 5.97 Å². The molecule has 1 heterocycles. The number of benzene rings is 1. The van der Waals surface area contributed by atoms with Gasteiger partial charge in [-0.2, -0.15) is 0 Å². The highest BCUT2D eigenvalue weighted by molar-refractivity contribution is 5.92. The third-order valence-corrected chi connectivity index (χ3v) is 5.06. The van der Waals surface area contributed by atoms with Gasteiger partial charge in [0, 0.05) is 25.6 Å². The van der Waals surface area contributed by atoms with Crippen LogP contribution in [0.5, 0.6) is 0 Å². The van der Waals surface area contributed by atoms with Crippen molar-refractivity contribution in [3.05, 3.63) is 71.4 Å². The molecule has 0 saturated heterocycles. The molecular formula is C23H25N3O4. The first-order chi connectivity index (χ1) is 14.5. The number of pyridine rings is 1. The van der Waals surface area contributed by atoms with Crippen LogP contribution in [0, 0.1) is 0 Å². The molecule has 30 heavy (non-hydrogen) atoms. The molecule has 1 aromatic carbocycles. The fraction of sp³-hybridized carbons (Fsp3) is 0.304. The molecule has 1 aliphatic rings. The second-order valence-corrected chi connectivity index (χ2v) is 7.30. The molecule has 2 amide bonds. The summed E-state index contributed by atoms with van der Waals surface area (Å²) in [4.78, 5) is 39.4. The van der Waals surface area contributed by atoms with Gasteiger partial charge in [-0.25, -0.2) is 4.98 Å². The summed E-state index contributed by atoms with van der Waals surface area (Å²) < 4.78 is 0. The van der Waals surface area contributed by atoms with Gasteiger partial charge in [-0.15, -0.1) is 0 Å². The van der Waals surface area contributed by atoms with E-state index in [4.69, 9.17) is 0 Å². The number of carboxylic acid groups (broad SMARTS) is 1. The highest BCUT2D eigenvalue weighted by Gasteiger charge is 2.22. The van der Waals surface area contributed by atoms with Crippen LogP contribution < -0.4 is 10.6 Å². The van der Waals surface area contributed by atoms with Crippen molar-refractivity contribution in [2.24, 2.45) is 0 Å². The Morgan fingerprint density at radius 2 is 1.80 bits per heavy atom. The molecular weight excluding hydrogens is 382 g/mol. The van der Waals surface area contributed by atoms with Crippen molar-refractivity contribution in [3.63, 3.8) is 0 Å². The van der Waals surface area contributed by atoms with E-state index in [-0.39, 0.29) is 37.0 Å². The molecule has 3 N–H and O–H groups in total. The maximum Gasteiger partial charge on any atom is 0.303 e. The summed E-state index contributed by atoms with van der Waals surface area (Å²) in [5, 5.41) is 14.8. The quantitative estimate of drug-likeness (QED) is 0.583. The number of carbonyl (C=O) groups is 3. The number of nitrogens with one attached hydrogen (secondary N) is 2. The Balaban J connectivity index is 1.50. The maximum atomic E-state index is 12.2. The van der Waals surface area contributed by atoms with Gasteiger partial charge in [0.2, 0.25) is 11.8 Å². The molecule has 1 atom stereocenters. The highest BCUT2D eigenvalue weighted by Crippen LogP contribution is 2.33. The number of anilines is 1. The summed E-state index contributed by atoms with van der Waals surface area (Å²) >= 11 is 0. The highest BCUT2D eigenvalue weighted by atomic mass is 16.4. The van der Waals surface area contributed by atoms with Gasteiger partial charge in [-0.3, -0.25) is 14.4 Å². The number of fused-ring (bicyclic) bond motifs is 1. The van der Waals surface area contributed by atoms with E-state index in [0.717, 1.165) is 16.7 Å². The predicted octanol–water partition coefficient (Wildman–Crippen LogP) is 3.05. The van der Waals surface area contributed by atoms with Crippen LogP contribution in [0.1, 0.15) is 42.7 Å². The van der Waals surface area contributed by atoms with Gasteiger partial charge in [0.05, 0.1) is 6.42 Å². The summed E-state index contributed by atoms with van der Waals surface area (Å²) in [6.45, 7) is 0.352. The summed E-state index contributed by atoms with van der Waals surface area (Å²) in [5.41, 5.74) is 3.18. The van der Waals surface area contributed by atoms with Crippen LogP contribution in [0.4, 0.5) is 5.82 Å². The topological polar surface area (TPSA) is 108 Å². The summed E-state index contributed by atoms with van der Waals surface area (Å²) in [7, 11) is 0. The van der Waals surface area contributed by atoms with Gasteiger partial charge in [0.15, 0.2) is 0 Å². The fourth-order valence-corrected chi connectivity index (χ4v) is 3.59. The largest absolute Gasteiger partial charge is 0.481 e. The van der Waals surface area contributed by atoms with Crippen LogP contribution in [-0.2, 0) is 20.8 Å². The van der Waals surface area contributed by atoms with E-state index in [9.17, 15) is 19.5 Å². The third-order valence-electron chi connectivity index (χ3n) is 5.06. The van der Waals surface area contributed by atoms with Crippen molar-refractivity contribution in [2.75, 3.05) is 11.9 Å². The zero-order chi connectivity index (χ0) is 21.3. The minimum absolute atomic E-state index is 0.0516. The van der Waals surface area contributed by atoms with Crippen molar-refractivity contribution >= 4 is 23.6 Å². The number of nitrogens with zero attached hydrogens (tertiary/aromatic N) is 1. The molecule has 1 aliphatic carbocycles. The molecule has 0 saturated carbocycles. The predicted molar refractivity (Wildman–Crippen MR) is 113 cm³/mol. The van der Waals surface area contributed by atoms with Gasteiger partial charge in [-0.1, -0.05) is 42.0 Å². The number of amides is 2. The summed E-state index contributed by atoms with van der Waals surface area (Å²) in [5.74, 6) is -0.985. The number of hydrogen-bond acceptors (Lipinski definition) is 4. The third kappa shape index (κ3) is 6.27. The minimum atomic E-state index is -0.834. The second kappa shape index (κ2) is 10.3. The van der Waals surface area contributed by atoms with Crippen LogP contribution in [-0.4, -0.2) is 34.4 Å². The zero-order valence-electron chi connectivity index (χ0n) is 16.6. The van der Waals surface area contributed by atoms with Crippen molar-refractivity contribution in [3.8, 4) is 0 Å². The lowest BCUT2D eigenvalue weighted by Crippen LogP contribution is -2.27. The van der Waals surface area contributed by atoms with Crippen LogP contribution in [0.3, 0.4) is 0 Å². The SMILES string of the molecule is O=C(O)CC1CC(CNC(=O)CCC(=O)Nc2ccccn2)=CCc2ccccc21. The summed E-state index contributed by atoms with van der Waals surface area (Å²) in [6, 6.07) is 13.1. The smallest absolute Gasteiger partial charge is 0.303 e. The molecule has 7 nitrogen and oxygen atoms in total. The summed E-state index contributed by atoms with van der Waals surface area (Å²) in [6.07, 6.45) is 5.14. The van der Waals surface area contributed by atoms with Gasteiger partial charge < -0.3 is 15.7 Å². The normalized spacial score (nSPS) is 15.3. The number of allylic oxidation sites excluding steroid dienone is 1. The fourth-order valence-electron chi connectivity index (χ4n) is 3.59. The Morgan fingerprint density at radius 1 is 1.03 bits per heavy atom. The van der Waals surface area contributed by atoms with E-state index in [1.165, 1.54) is 0 Å². The monoisotopic (exact) mass is 407 g/mol. The molecule has 2 aromatic rings. The van der Waals surface area contributed by atoms with Crippen LogP contribution in [0.15, 0.2) is 60.3 Å². The van der Waals surface area contributed by atoms with Crippen molar-refractivity contribution in [1.82, 2.24) is 10.3 Å². The first-order valence-electron chi connectivity index (χ1n) is 9.96. The Bertz CT molecular complexity index is 940. The number of carbonyl (C=O) groups excluding carboxylic acids is 2. The Labute approximate surface area is 175 Å². The van der Waals surface area contributed by atoms with Gasteiger partial charge in [0.25, 0.3) is 0 Å². The number of rotatable bonds is 8. The molecule has 0 aliphatic heterocycles. The zero-order valence-corrected chi connectivity index (χ0v) is 16.6. The van der Waals surface area contributed by atoms with Crippen LogP contribution in [0.2, 0.25) is 0 Å². The lowest BCUT2D eigenvalue weighted by Gasteiger charge is -2.17. The van der Waals surface area contributed by atoms with Crippen LogP contribution >= 0.6 is 0 Å². The Hall–Kier alpha value is -3.48. The number of carboxylic acids is 1. The van der Waals surface area contributed by atoms with E-state index in [1.54, 1.807) is 24.4 Å². The average Bonchev–Trinajstić information content (AvgIpc) is 2.91. The molecule has 3 rings (SSSR count). The van der Waals surface area contributed by atoms with Gasteiger partial charge in [-0.05, 0) is 42.0 Å². The average molecular weight is 407 g/mol. The lowest BCUT2D eigenvalue weighted by molar-refractivity contribution is -0.137. The molecule has 0 radical (unpaired) electrons. The van der Waals surface area contributed by atoms with E-state index in [2.05, 4.69) is 21.7 Å². The Morgan fingerprint density at radius 3 is 2.57 bits per heavy atom. The maximum absolute atomic E-state index is 12.2. The van der Waals surface area contributed by atoms with E-state index in [1.807, 2.05) is 24.3 Å². The first kappa shape index (κ1) is 21.2. The molecule has 0 bridgehead atoms. The van der Waals surface area contributed by atoms with Crippen molar-refractivity contribution in [2.45, 2.75) is 38.0 Å². The molecule has 0 fully saturated rings. The molecule has 7 heteroatoms. The number of aromatic nitrogens is 1. The van der Waals surface area contributed by atoms with Crippen molar-refractivity contribution < 1.29 is 19.5 Å². The van der Waals surface area contributed by atoms with Crippen molar-refractivity contribution in [1.29, 1.82) is 0 Å². The standard InChI is InChI=1S/C23H25N3O4/c27-21(10-11-22(28)26-20-7-3-4-12-24-20)25-15-16-8-9-17-5-1-2-6-19(17)18(13-16)14-23(29)30/h1-8,12,18H,9-11,13-15H2,(H,25,27)(H,29,30)(H,24,26,28). The van der Waals surface area contributed by atoms with Crippen LogP contribution in [0.25, 0.3) is 0 Å². The number of hydrogen-bond donors (Lipinski definition) is 3. The molecule has 156 valence electrons. The minimum Gasteiger partial charge on any atom is -0.481 e. The molecule has 0 spiro atoms. The molecule has 1 unspecified atom stereocenters. The first-order valence-corrected chi connectivity index (χ1v) is 9.96. The van der Waals surface area contributed by atoms with E-state index in [0.29, 0.717) is 25.2 Å². The second-order valence-electron chi connectivity index (χ2n) is 7.30. The lowest BCUT2D eigenvalue weighted by atomic mass is 9.88. The Kier molecular flexibility index (Phi) is 7.32. The van der Waals surface area contributed by atoms with Gasteiger partial charge in [0.1, 0.15) is 5.82 Å². The van der Waals surface area contributed by atoms with E-state index >= 15 is 0 Å². The number of aliphatic carboxylic acids is 1. The molecule has 1 aromatic heterocycles.